The predicted molar refractivity (Wildman–Crippen MR) is 66.7 cm³/mol. The largest absolute Gasteiger partial charge is 0.361 e. The zero-order chi connectivity index (χ0) is 13.7. The topological polar surface area (TPSA) is 90.0 Å². The highest BCUT2D eigenvalue weighted by Crippen LogP contribution is 2.00. The SMILES string of the molecule is Cc1cc(C(=O)NCCCn2ncccc2=O)no1. The second-order valence-corrected chi connectivity index (χ2v) is 4.02. The van der Waals surface area contributed by atoms with Crippen molar-refractivity contribution < 1.29 is 9.32 Å². The highest BCUT2D eigenvalue weighted by atomic mass is 16.5. The standard InChI is InChI=1S/C12H14N4O3/c1-9-8-10(15-19-9)12(18)13-5-3-7-16-11(17)4-2-6-14-16/h2,4,6,8H,3,5,7H2,1H3,(H,13,18). The molecule has 0 spiro atoms. The zero-order valence-corrected chi connectivity index (χ0v) is 10.5. The van der Waals surface area contributed by atoms with Gasteiger partial charge in [0, 0.05) is 31.4 Å². The molecule has 2 aromatic heterocycles. The highest BCUT2D eigenvalue weighted by molar-refractivity contribution is 5.92. The Morgan fingerprint density at radius 1 is 1.53 bits per heavy atom. The van der Waals surface area contributed by atoms with E-state index in [0.29, 0.717) is 25.3 Å². The lowest BCUT2D eigenvalue weighted by molar-refractivity contribution is 0.0943. The summed E-state index contributed by atoms with van der Waals surface area (Å²) in [7, 11) is 0. The Balaban J connectivity index is 1.77. The van der Waals surface area contributed by atoms with Gasteiger partial charge in [0.05, 0.1) is 0 Å². The molecule has 7 heteroatoms. The van der Waals surface area contributed by atoms with Gasteiger partial charge in [0.2, 0.25) is 0 Å². The fraction of sp³-hybridized carbons (Fsp3) is 0.333. The van der Waals surface area contributed by atoms with Gasteiger partial charge in [0.25, 0.3) is 11.5 Å². The van der Waals surface area contributed by atoms with E-state index < -0.39 is 0 Å². The Bertz CT molecular complexity index is 617. The Labute approximate surface area is 109 Å². The molecule has 0 bridgehead atoms. The normalized spacial score (nSPS) is 10.4. The van der Waals surface area contributed by atoms with Gasteiger partial charge >= 0.3 is 0 Å². The molecule has 2 heterocycles. The minimum atomic E-state index is -0.287. The van der Waals surface area contributed by atoms with Crippen LogP contribution >= 0.6 is 0 Å². The van der Waals surface area contributed by atoms with Crippen molar-refractivity contribution in [2.75, 3.05) is 6.54 Å². The summed E-state index contributed by atoms with van der Waals surface area (Å²) >= 11 is 0. The van der Waals surface area contributed by atoms with Gasteiger partial charge < -0.3 is 9.84 Å². The lowest BCUT2D eigenvalue weighted by Crippen LogP contribution is -2.27. The third-order valence-corrected chi connectivity index (χ3v) is 2.48. The van der Waals surface area contributed by atoms with Crippen molar-refractivity contribution in [3.63, 3.8) is 0 Å². The quantitative estimate of drug-likeness (QED) is 0.786. The first kappa shape index (κ1) is 13.0. The molecule has 1 N–H and O–H groups in total. The number of amides is 1. The van der Waals surface area contributed by atoms with Gasteiger partial charge in [-0.05, 0) is 19.4 Å². The van der Waals surface area contributed by atoms with Crippen molar-refractivity contribution in [3.8, 4) is 0 Å². The molecule has 0 aromatic carbocycles. The van der Waals surface area contributed by atoms with Crippen LogP contribution in [0.3, 0.4) is 0 Å². The molecule has 0 radical (unpaired) electrons. The summed E-state index contributed by atoms with van der Waals surface area (Å²) in [5.74, 6) is 0.301. The lowest BCUT2D eigenvalue weighted by Gasteiger charge is -2.04. The van der Waals surface area contributed by atoms with Gasteiger partial charge in [-0.2, -0.15) is 5.10 Å². The fourth-order valence-corrected chi connectivity index (χ4v) is 1.55. The molecule has 0 saturated heterocycles. The number of hydrogen-bond donors (Lipinski definition) is 1. The van der Waals surface area contributed by atoms with Crippen LogP contribution in [-0.2, 0) is 6.54 Å². The van der Waals surface area contributed by atoms with Crippen LogP contribution in [0.4, 0.5) is 0 Å². The lowest BCUT2D eigenvalue weighted by atomic mass is 10.3. The van der Waals surface area contributed by atoms with Crippen LogP contribution in [0, 0.1) is 6.92 Å². The van der Waals surface area contributed by atoms with E-state index in [9.17, 15) is 9.59 Å². The van der Waals surface area contributed by atoms with Gasteiger partial charge in [-0.1, -0.05) is 5.16 Å². The summed E-state index contributed by atoms with van der Waals surface area (Å²) in [4.78, 5) is 23.0. The maximum absolute atomic E-state index is 11.6. The predicted octanol–water partition coefficient (Wildman–Crippen LogP) is 0.360. The molecule has 0 fully saturated rings. The van der Waals surface area contributed by atoms with Crippen LogP contribution in [0.2, 0.25) is 0 Å². The van der Waals surface area contributed by atoms with Crippen molar-refractivity contribution in [3.05, 3.63) is 46.2 Å². The monoisotopic (exact) mass is 262 g/mol. The molecule has 0 saturated carbocycles. The van der Waals surface area contributed by atoms with Gasteiger partial charge in [0.15, 0.2) is 5.69 Å². The zero-order valence-electron chi connectivity index (χ0n) is 10.5. The molecule has 100 valence electrons. The number of nitrogens with one attached hydrogen (secondary N) is 1. The third kappa shape index (κ3) is 3.51. The number of hydrogen-bond acceptors (Lipinski definition) is 5. The first-order chi connectivity index (χ1) is 9.16. The number of aromatic nitrogens is 3. The van der Waals surface area contributed by atoms with E-state index in [1.54, 1.807) is 25.3 Å². The summed E-state index contributed by atoms with van der Waals surface area (Å²) in [6.45, 7) is 2.61. The van der Waals surface area contributed by atoms with Crippen molar-refractivity contribution >= 4 is 5.91 Å². The minimum Gasteiger partial charge on any atom is -0.361 e. The van der Waals surface area contributed by atoms with Crippen molar-refractivity contribution in [2.45, 2.75) is 19.9 Å². The van der Waals surface area contributed by atoms with Crippen molar-refractivity contribution in [2.24, 2.45) is 0 Å². The fourth-order valence-electron chi connectivity index (χ4n) is 1.55. The molecular weight excluding hydrogens is 248 g/mol. The van der Waals surface area contributed by atoms with Crippen molar-refractivity contribution in [1.82, 2.24) is 20.3 Å². The molecule has 0 unspecified atom stereocenters. The van der Waals surface area contributed by atoms with Gasteiger partial charge in [-0.25, -0.2) is 4.68 Å². The van der Waals surface area contributed by atoms with E-state index in [0.717, 1.165) is 0 Å². The maximum atomic E-state index is 11.6. The summed E-state index contributed by atoms with van der Waals surface area (Å²) in [5.41, 5.74) is 0.105. The van der Waals surface area contributed by atoms with Crippen LogP contribution in [0.15, 0.2) is 33.7 Å². The van der Waals surface area contributed by atoms with Crippen LogP contribution in [0.25, 0.3) is 0 Å². The average Bonchev–Trinajstić information content (AvgIpc) is 2.83. The number of aryl methyl sites for hydroxylation is 2. The number of nitrogens with zero attached hydrogens (tertiary/aromatic N) is 3. The number of rotatable bonds is 5. The summed E-state index contributed by atoms with van der Waals surface area (Å²) in [6, 6.07) is 4.61. The number of carbonyl (C=O) groups is 1. The van der Waals surface area contributed by atoms with E-state index in [-0.39, 0.29) is 17.2 Å². The molecule has 2 rings (SSSR count). The average molecular weight is 262 g/mol. The molecular formula is C12H14N4O3. The molecule has 0 aliphatic rings. The first-order valence-electron chi connectivity index (χ1n) is 5.90. The Kier molecular flexibility index (Phi) is 4.07. The van der Waals surface area contributed by atoms with E-state index in [1.165, 1.54) is 10.7 Å². The number of carbonyl (C=O) groups excluding carboxylic acids is 1. The summed E-state index contributed by atoms with van der Waals surface area (Å²) in [6.07, 6.45) is 2.16. The van der Waals surface area contributed by atoms with E-state index >= 15 is 0 Å². The molecule has 0 aliphatic carbocycles. The molecule has 1 amide bonds. The van der Waals surface area contributed by atoms with Gasteiger partial charge in [-0.3, -0.25) is 9.59 Å². The molecule has 7 nitrogen and oxygen atoms in total. The van der Waals surface area contributed by atoms with Gasteiger partial charge in [0.1, 0.15) is 5.76 Å². The third-order valence-electron chi connectivity index (χ3n) is 2.48. The first-order valence-corrected chi connectivity index (χ1v) is 5.90. The van der Waals surface area contributed by atoms with Crippen LogP contribution in [0.5, 0.6) is 0 Å². The molecule has 0 atom stereocenters. The molecule has 19 heavy (non-hydrogen) atoms. The van der Waals surface area contributed by atoms with Crippen LogP contribution in [-0.4, -0.2) is 27.4 Å². The molecule has 2 aromatic rings. The summed E-state index contributed by atoms with van der Waals surface area (Å²) in [5, 5.41) is 10.2. The minimum absolute atomic E-state index is 0.152. The summed E-state index contributed by atoms with van der Waals surface area (Å²) < 4.78 is 6.16. The maximum Gasteiger partial charge on any atom is 0.273 e. The van der Waals surface area contributed by atoms with Crippen LogP contribution in [0.1, 0.15) is 22.7 Å². The second kappa shape index (κ2) is 5.94. The second-order valence-electron chi connectivity index (χ2n) is 4.02. The Hall–Kier alpha value is -2.44. The highest BCUT2D eigenvalue weighted by Gasteiger charge is 2.09. The van der Waals surface area contributed by atoms with E-state index in [1.807, 2.05) is 0 Å². The molecule has 0 aliphatic heterocycles. The van der Waals surface area contributed by atoms with E-state index in [4.69, 9.17) is 4.52 Å². The van der Waals surface area contributed by atoms with Crippen molar-refractivity contribution in [1.29, 1.82) is 0 Å². The van der Waals surface area contributed by atoms with Gasteiger partial charge in [-0.15, -0.1) is 0 Å². The van der Waals surface area contributed by atoms with E-state index in [2.05, 4.69) is 15.6 Å². The Morgan fingerprint density at radius 3 is 3.05 bits per heavy atom. The Morgan fingerprint density at radius 2 is 2.37 bits per heavy atom. The smallest absolute Gasteiger partial charge is 0.273 e. The van der Waals surface area contributed by atoms with Crippen LogP contribution < -0.4 is 10.9 Å².